The number of carbonyl (C=O) groups excluding carboxylic acids is 1. The van der Waals surface area contributed by atoms with Gasteiger partial charge in [-0.1, -0.05) is 39.4 Å². The Kier molecular flexibility index (Phi) is 8.56. The van der Waals surface area contributed by atoms with Crippen LogP contribution in [0.25, 0.3) is 6.08 Å². The molecule has 0 unspecified atom stereocenters. The van der Waals surface area contributed by atoms with Crippen LogP contribution in [0.2, 0.25) is 0 Å². The van der Waals surface area contributed by atoms with E-state index in [9.17, 15) is 14.4 Å². The molecule has 1 N–H and O–H groups in total. The van der Waals surface area contributed by atoms with Gasteiger partial charge in [0.05, 0.1) is 42.7 Å². The van der Waals surface area contributed by atoms with Crippen LogP contribution < -0.4 is 29.1 Å². The van der Waals surface area contributed by atoms with E-state index < -0.39 is 24.6 Å². The van der Waals surface area contributed by atoms with E-state index in [1.54, 1.807) is 56.3 Å². The van der Waals surface area contributed by atoms with Crippen LogP contribution in [0.3, 0.4) is 0 Å². The number of carboxylic acids is 1. The molecule has 1 aliphatic rings. The Balaban J connectivity index is 1.88. The molecule has 12 heteroatoms. The van der Waals surface area contributed by atoms with Gasteiger partial charge >= 0.3 is 11.9 Å². The third kappa shape index (κ3) is 5.76. The number of rotatable bonds is 9. The molecule has 4 rings (SSSR count). The second-order valence-corrected chi connectivity index (χ2v) is 10.1. The number of ether oxygens (including phenoxy) is 4. The highest BCUT2D eigenvalue weighted by atomic mass is 79.9. The molecule has 0 amide bonds. The first-order valence-corrected chi connectivity index (χ1v) is 13.3. The molecule has 0 bridgehead atoms. The zero-order valence-corrected chi connectivity index (χ0v) is 23.9. The molecule has 3 aromatic rings. The average molecular weight is 617 g/mol. The summed E-state index contributed by atoms with van der Waals surface area (Å²) in [4.78, 5) is 42.7. The van der Waals surface area contributed by atoms with Crippen molar-refractivity contribution in [3.8, 4) is 17.2 Å². The van der Waals surface area contributed by atoms with Crippen LogP contribution in [0.15, 0.2) is 61.9 Å². The van der Waals surface area contributed by atoms with Crippen molar-refractivity contribution in [3.63, 3.8) is 0 Å². The Bertz CT molecular complexity index is 1640. The van der Waals surface area contributed by atoms with Gasteiger partial charge in [-0.15, -0.1) is 0 Å². The standard InChI is InChI=1S/C27H25BrN2O8S/c1-5-37-26(34)23-14(2)29-27-30(24(23)17-11-19(35-3)20(36-4)12-18(17)28)25(33)21(39-27)10-15-6-8-16(9-7-15)38-13-22(31)32/h6-12,24H,5,13H2,1-4H3,(H,31,32)/b21-10-/t24-/m1/s1. The molecule has 204 valence electrons. The fraction of sp³-hybridized carbons (Fsp3) is 0.259. The maximum atomic E-state index is 13.8. The third-order valence-corrected chi connectivity index (χ3v) is 7.52. The van der Waals surface area contributed by atoms with Crippen LogP contribution in [-0.4, -0.2) is 49.0 Å². The van der Waals surface area contributed by atoms with Gasteiger partial charge in [-0.25, -0.2) is 14.6 Å². The number of nitrogens with zero attached hydrogens (tertiary/aromatic N) is 2. The highest BCUT2D eigenvalue weighted by Gasteiger charge is 2.35. The minimum absolute atomic E-state index is 0.159. The molecule has 1 aliphatic heterocycles. The Morgan fingerprint density at radius 1 is 1.15 bits per heavy atom. The molecule has 0 fully saturated rings. The van der Waals surface area contributed by atoms with E-state index in [0.717, 1.165) is 0 Å². The second-order valence-electron chi connectivity index (χ2n) is 8.28. The zero-order chi connectivity index (χ0) is 28.3. The fourth-order valence-corrected chi connectivity index (χ4v) is 5.71. The minimum Gasteiger partial charge on any atom is -0.493 e. The van der Waals surface area contributed by atoms with Gasteiger partial charge in [0.1, 0.15) is 5.75 Å². The predicted molar refractivity (Wildman–Crippen MR) is 147 cm³/mol. The quantitative estimate of drug-likeness (QED) is 0.364. The third-order valence-electron chi connectivity index (χ3n) is 5.85. The number of carboxylic acid groups (broad SMARTS) is 1. The number of thiazole rings is 1. The molecular weight excluding hydrogens is 592 g/mol. The highest BCUT2D eigenvalue weighted by Crippen LogP contribution is 2.40. The Hall–Kier alpha value is -3.90. The lowest BCUT2D eigenvalue weighted by atomic mass is 9.95. The molecule has 1 aromatic heterocycles. The van der Waals surface area contributed by atoms with E-state index in [0.29, 0.717) is 47.9 Å². The predicted octanol–water partition coefficient (Wildman–Crippen LogP) is 3.04. The lowest BCUT2D eigenvalue weighted by molar-refractivity contribution is -0.140. The summed E-state index contributed by atoms with van der Waals surface area (Å²) in [6, 6.07) is 9.27. The van der Waals surface area contributed by atoms with Crippen molar-refractivity contribution in [2.24, 2.45) is 4.99 Å². The van der Waals surface area contributed by atoms with Gasteiger partial charge in [0.2, 0.25) is 0 Å². The van der Waals surface area contributed by atoms with E-state index in [1.165, 1.54) is 30.1 Å². The molecule has 0 saturated heterocycles. The smallest absolute Gasteiger partial charge is 0.341 e. The van der Waals surface area contributed by atoms with E-state index >= 15 is 0 Å². The summed E-state index contributed by atoms with van der Waals surface area (Å²) in [5.74, 6) is -0.343. The van der Waals surface area contributed by atoms with Crippen LogP contribution >= 0.6 is 27.3 Å². The average Bonchev–Trinajstić information content (AvgIpc) is 3.21. The van der Waals surface area contributed by atoms with E-state index in [2.05, 4.69) is 20.9 Å². The highest BCUT2D eigenvalue weighted by molar-refractivity contribution is 9.10. The molecule has 2 heterocycles. The van der Waals surface area contributed by atoms with E-state index in [-0.39, 0.29) is 17.7 Å². The number of carbonyl (C=O) groups is 2. The Morgan fingerprint density at radius 2 is 1.82 bits per heavy atom. The number of fused-ring (bicyclic) bond motifs is 1. The number of aromatic nitrogens is 1. The summed E-state index contributed by atoms with van der Waals surface area (Å²) in [7, 11) is 3.03. The number of halogens is 1. The summed E-state index contributed by atoms with van der Waals surface area (Å²) >= 11 is 4.77. The van der Waals surface area contributed by atoms with Gasteiger partial charge in [0.15, 0.2) is 22.9 Å². The van der Waals surface area contributed by atoms with Crippen molar-refractivity contribution in [3.05, 3.63) is 83.0 Å². The summed E-state index contributed by atoms with van der Waals surface area (Å²) in [5, 5.41) is 8.79. The molecule has 1 atom stereocenters. The summed E-state index contributed by atoms with van der Waals surface area (Å²) in [6.07, 6.45) is 1.70. The largest absolute Gasteiger partial charge is 0.493 e. The lowest BCUT2D eigenvalue weighted by Gasteiger charge is -2.26. The van der Waals surface area contributed by atoms with Crippen LogP contribution in [0.4, 0.5) is 0 Å². The first-order valence-electron chi connectivity index (χ1n) is 11.7. The van der Waals surface area contributed by atoms with Gasteiger partial charge in [-0.3, -0.25) is 9.36 Å². The first kappa shape index (κ1) is 28.1. The minimum atomic E-state index is -1.08. The van der Waals surface area contributed by atoms with Gasteiger partial charge in [-0.2, -0.15) is 0 Å². The molecule has 39 heavy (non-hydrogen) atoms. The number of hydrogen-bond donors (Lipinski definition) is 1. The van der Waals surface area contributed by atoms with Crippen molar-refractivity contribution in [1.82, 2.24) is 4.57 Å². The van der Waals surface area contributed by atoms with Gasteiger partial charge in [0.25, 0.3) is 5.56 Å². The Labute approximate surface area is 235 Å². The molecule has 10 nitrogen and oxygen atoms in total. The molecule has 0 radical (unpaired) electrons. The maximum absolute atomic E-state index is 13.8. The molecule has 0 aliphatic carbocycles. The van der Waals surface area contributed by atoms with Crippen molar-refractivity contribution in [2.75, 3.05) is 27.4 Å². The molecular formula is C27H25BrN2O8S. The van der Waals surface area contributed by atoms with E-state index in [4.69, 9.17) is 24.1 Å². The summed E-state index contributed by atoms with van der Waals surface area (Å²) in [6.45, 7) is 3.13. The van der Waals surface area contributed by atoms with Gasteiger partial charge < -0.3 is 24.1 Å². The number of allylic oxidation sites excluding steroid dienone is 1. The lowest BCUT2D eigenvalue weighted by Crippen LogP contribution is -2.40. The van der Waals surface area contributed by atoms with Crippen molar-refractivity contribution < 1.29 is 33.6 Å². The van der Waals surface area contributed by atoms with Crippen LogP contribution in [0, 0.1) is 0 Å². The zero-order valence-electron chi connectivity index (χ0n) is 21.5. The Morgan fingerprint density at radius 3 is 2.44 bits per heavy atom. The summed E-state index contributed by atoms with van der Waals surface area (Å²) in [5.41, 5.74) is 1.63. The van der Waals surface area contributed by atoms with E-state index in [1.807, 2.05) is 0 Å². The number of esters is 1. The fourth-order valence-electron chi connectivity index (χ4n) is 4.12. The maximum Gasteiger partial charge on any atom is 0.341 e. The van der Waals surface area contributed by atoms with Crippen molar-refractivity contribution >= 4 is 45.3 Å². The van der Waals surface area contributed by atoms with Gasteiger partial charge in [0, 0.05) is 4.47 Å². The monoisotopic (exact) mass is 616 g/mol. The number of benzene rings is 2. The van der Waals surface area contributed by atoms with Crippen molar-refractivity contribution in [1.29, 1.82) is 0 Å². The number of methoxy groups -OCH3 is 2. The SMILES string of the molecule is CCOC(=O)C1=C(C)N=c2s/c(=C\c3ccc(OCC(=O)O)cc3)c(=O)n2[C@@H]1c1cc(OC)c(OC)cc1Br. The normalized spacial score (nSPS) is 14.9. The molecule has 0 spiro atoms. The van der Waals surface area contributed by atoms with Crippen LogP contribution in [0.1, 0.15) is 31.0 Å². The number of aliphatic carboxylic acids is 1. The first-order chi connectivity index (χ1) is 18.7. The second kappa shape index (κ2) is 11.9. The van der Waals surface area contributed by atoms with Gasteiger partial charge in [-0.05, 0) is 55.3 Å². The van der Waals surface area contributed by atoms with Crippen LogP contribution in [-0.2, 0) is 14.3 Å². The van der Waals surface area contributed by atoms with Crippen LogP contribution in [0.5, 0.6) is 17.2 Å². The molecule has 2 aromatic carbocycles. The topological polar surface area (TPSA) is 126 Å². The number of hydrogen-bond acceptors (Lipinski definition) is 9. The molecule has 0 saturated carbocycles. The summed E-state index contributed by atoms with van der Waals surface area (Å²) < 4.78 is 23.9. The van der Waals surface area contributed by atoms with Crippen molar-refractivity contribution in [2.45, 2.75) is 19.9 Å².